The summed E-state index contributed by atoms with van der Waals surface area (Å²) in [5.74, 6) is 0.192. The summed E-state index contributed by atoms with van der Waals surface area (Å²) in [4.78, 5) is 24.2. The van der Waals surface area contributed by atoms with E-state index in [1.807, 2.05) is 13.0 Å². The molecular formula is C18H17IO5. The van der Waals surface area contributed by atoms with E-state index < -0.39 is 5.97 Å². The van der Waals surface area contributed by atoms with Crippen LogP contribution in [-0.4, -0.2) is 32.1 Å². The van der Waals surface area contributed by atoms with Crippen molar-refractivity contribution in [1.29, 1.82) is 0 Å². The van der Waals surface area contributed by atoms with Crippen molar-refractivity contribution >= 4 is 34.3 Å². The smallest absolute Gasteiger partial charge is 0.338 e. The minimum atomic E-state index is -0.585. The Morgan fingerprint density at radius 1 is 1.08 bits per heavy atom. The molecule has 0 aromatic heterocycles. The summed E-state index contributed by atoms with van der Waals surface area (Å²) in [6, 6.07) is 11.9. The van der Waals surface area contributed by atoms with E-state index in [0.717, 1.165) is 3.57 Å². The standard InChI is InChI=1S/C18H17IO5/c1-3-23-17-14(19)9-13(10-16(17)22-2)18(21)24-11-15(20)12-7-5-4-6-8-12/h4-10H,3,11H2,1-2H3. The van der Waals surface area contributed by atoms with Gasteiger partial charge in [-0.2, -0.15) is 0 Å². The topological polar surface area (TPSA) is 61.8 Å². The number of Topliss-reactive ketones (excluding diaryl/α,β-unsaturated/α-hetero) is 1. The summed E-state index contributed by atoms with van der Waals surface area (Å²) in [6.07, 6.45) is 0. The Balaban J connectivity index is 2.10. The van der Waals surface area contributed by atoms with Crippen LogP contribution in [0.4, 0.5) is 0 Å². The van der Waals surface area contributed by atoms with Crippen LogP contribution >= 0.6 is 22.6 Å². The molecule has 0 saturated heterocycles. The van der Waals surface area contributed by atoms with Gasteiger partial charge in [0.2, 0.25) is 0 Å². The van der Waals surface area contributed by atoms with Gasteiger partial charge in [-0.25, -0.2) is 4.79 Å². The van der Waals surface area contributed by atoms with Crippen molar-refractivity contribution < 1.29 is 23.8 Å². The number of hydrogen-bond donors (Lipinski definition) is 0. The van der Waals surface area contributed by atoms with Gasteiger partial charge < -0.3 is 14.2 Å². The van der Waals surface area contributed by atoms with E-state index in [0.29, 0.717) is 29.2 Å². The van der Waals surface area contributed by atoms with Crippen molar-refractivity contribution in [2.75, 3.05) is 20.3 Å². The first-order valence-corrected chi connectivity index (χ1v) is 8.40. The molecule has 2 aromatic rings. The number of ketones is 1. The Bertz CT molecular complexity index is 728. The van der Waals surface area contributed by atoms with Crippen molar-refractivity contribution in [1.82, 2.24) is 0 Å². The maximum atomic E-state index is 12.2. The van der Waals surface area contributed by atoms with E-state index in [-0.39, 0.29) is 12.4 Å². The highest BCUT2D eigenvalue weighted by atomic mass is 127. The van der Waals surface area contributed by atoms with Gasteiger partial charge in [0.25, 0.3) is 0 Å². The third-order valence-corrected chi connectivity index (χ3v) is 3.99. The van der Waals surface area contributed by atoms with Gasteiger partial charge in [-0.05, 0) is 41.6 Å². The van der Waals surface area contributed by atoms with Crippen LogP contribution in [0.25, 0.3) is 0 Å². The molecule has 24 heavy (non-hydrogen) atoms. The fourth-order valence-electron chi connectivity index (χ4n) is 2.04. The highest BCUT2D eigenvalue weighted by molar-refractivity contribution is 14.1. The molecule has 0 bridgehead atoms. The fourth-order valence-corrected chi connectivity index (χ4v) is 2.80. The number of carbonyl (C=O) groups is 2. The Labute approximate surface area is 154 Å². The van der Waals surface area contributed by atoms with Gasteiger partial charge in [-0.1, -0.05) is 30.3 Å². The zero-order valence-electron chi connectivity index (χ0n) is 13.4. The van der Waals surface area contributed by atoms with Gasteiger partial charge in [0.1, 0.15) is 0 Å². The van der Waals surface area contributed by atoms with E-state index in [1.165, 1.54) is 7.11 Å². The zero-order valence-corrected chi connectivity index (χ0v) is 15.5. The molecule has 0 fully saturated rings. The molecule has 2 aromatic carbocycles. The second-order valence-electron chi connectivity index (χ2n) is 4.79. The van der Waals surface area contributed by atoms with Crippen molar-refractivity contribution in [2.45, 2.75) is 6.92 Å². The van der Waals surface area contributed by atoms with Crippen LogP contribution in [-0.2, 0) is 4.74 Å². The molecule has 0 aliphatic heterocycles. The lowest BCUT2D eigenvalue weighted by Crippen LogP contribution is -2.14. The van der Waals surface area contributed by atoms with Crippen LogP contribution in [0, 0.1) is 3.57 Å². The Morgan fingerprint density at radius 3 is 2.42 bits per heavy atom. The quantitative estimate of drug-likeness (QED) is 0.373. The van der Waals surface area contributed by atoms with Crippen molar-refractivity contribution in [3.63, 3.8) is 0 Å². The molecule has 6 heteroatoms. The lowest BCUT2D eigenvalue weighted by Gasteiger charge is -2.13. The average molecular weight is 440 g/mol. The van der Waals surface area contributed by atoms with Crippen molar-refractivity contribution in [3.8, 4) is 11.5 Å². The molecular weight excluding hydrogens is 423 g/mol. The lowest BCUT2D eigenvalue weighted by atomic mass is 10.1. The molecule has 0 N–H and O–H groups in total. The van der Waals surface area contributed by atoms with E-state index >= 15 is 0 Å². The van der Waals surface area contributed by atoms with E-state index in [2.05, 4.69) is 22.6 Å². The number of esters is 1. The van der Waals surface area contributed by atoms with Crippen LogP contribution < -0.4 is 9.47 Å². The normalized spacial score (nSPS) is 10.1. The van der Waals surface area contributed by atoms with Crippen LogP contribution in [0.2, 0.25) is 0 Å². The molecule has 0 spiro atoms. The number of carbonyl (C=O) groups excluding carboxylic acids is 2. The summed E-state index contributed by atoms with van der Waals surface area (Å²) in [6.45, 7) is 2.05. The molecule has 0 aliphatic rings. The minimum absolute atomic E-state index is 0.253. The average Bonchev–Trinajstić information content (AvgIpc) is 2.61. The molecule has 0 heterocycles. The molecule has 0 unspecified atom stereocenters. The van der Waals surface area contributed by atoms with Crippen molar-refractivity contribution in [2.24, 2.45) is 0 Å². The Kier molecular flexibility index (Phi) is 6.60. The molecule has 126 valence electrons. The number of halogens is 1. The highest BCUT2D eigenvalue weighted by Gasteiger charge is 2.17. The number of ether oxygens (including phenoxy) is 3. The molecule has 0 saturated carbocycles. The molecule has 0 aliphatic carbocycles. The minimum Gasteiger partial charge on any atom is -0.493 e. The van der Waals surface area contributed by atoms with E-state index in [4.69, 9.17) is 14.2 Å². The first kappa shape index (κ1) is 18.3. The lowest BCUT2D eigenvalue weighted by molar-refractivity contribution is 0.0474. The van der Waals surface area contributed by atoms with Crippen LogP contribution in [0.3, 0.4) is 0 Å². The summed E-state index contributed by atoms with van der Waals surface area (Å²) >= 11 is 2.06. The second kappa shape index (κ2) is 8.68. The summed E-state index contributed by atoms with van der Waals surface area (Å²) in [7, 11) is 1.50. The fraction of sp³-hybridized carbons (Fsp3) is 0.222. The Hall–Kier alpha value is -2.09. The first-order valence-electron chi connectivity index (χ1n) is 7.32. The van der Waals surface area contributed by atoms with Crippen molar-refractivity contribution in [3.05, 3.63) is 57.2 Å². The molecule has 0 radical (unpaired) electrons. The summed E-state index contributed by atoms with van der Waals surface area (Å²) < 4.78 is 16.6. The summed E-state index contributed by atoms with van der Waals surface area (Å²) in [5.41, 5.74) is 0.810. The van der Waals surface area contributed by atoms with Gasteiger partial charge in [0, 0.05) is 5.56 Å². The van der Waals surface area contributed by atoms with E-state index in [9.17, 15) is 9.59 Å². The third kappa shape index (κ3) is 4.47. The van der Waals surface area contributed by atoms with Crippen LogP contribution in [0.15, 0.2) is 42.5 Å². The molecule has 5 nitrogen and oxygen atoms in total. The Morgan fingerprint density at radius 2 is 1.79 bits per heavy atom. The predicted molar refractivity (Wildman–Crippen MR) is 97.9 cm³/mol. The summed E-state index contributed by atoms with van der Waals surface area (Å²) in [5, 5.41) is 0. The van der Waals surface area contributed by atoms with Gasteiger partial charge in [-0.15, -0.1) is 0 Å². The third-order valence-electron chi connectivity index (χ3n) is 3.18. The zero-order chi connectivity index (χ0) is 17.5. The largest absolute Gasteiger partial charge is 0.493 e. The number of hydrogen-bond acceptors (Lipinski definition) is 5. The number of benzene rings is 2. The van der Waals surface area contributed by atoms with Gasteiger partial charge in [0.05, 0.1) is 22.9 Å². The molecule has 0 amide bonds. The van der Waals surface area contributed by atoms with Crippen LogP contribution in [0.1, 0.15) is 27.6 Å². The SMILES string of the molecule is CCOc1c(I)cc(C(=O)OCC(=O)c2ccccc2)cc1OC. The molecule has 0 atom stereocenters. The van der Waals surface area contributed by atoms with Gasteiger partial charge >= 0.3 is 5.97 Å². The molecule has 2 rings (SSSR count). The number of methoxy groups -OCH3 is 1. The maximum absolute atomic E-state index is 12.2. The van der Waals surface area contributed by atoms with Gasteiger partial charge in [0.15, 0.2) is 23.9 Å². The van der Waals surface area contributed by atoms with Gasteiger partial charge in [-0.3, -0.25) is 4.79 Å². The highest BCUT2D eigenvalue weighted by Crippen LogP contribution is 2.34. The maximum Gasteiger partial charge on any atom is 0.338 e. The second-order valence-corrected chi connectivity index (χ2v) is 5.95. The van der Waals surface area contributed by atoms with Crippen LogP contribution in [0.5, 0.6) is 11.5 Å². The first-order chi connectivity index (χ1) is 11.6. The van der Waals surface area contributed by atoms with E-state index in [1.54, 1.807) is 36.4 Å². The predicted octanol–water partition coefficient (Wildman–Crippen LogP) is 3.74. The monoisotopic (exact) mass is 440 g/mol. The number of rotatable bonds is 7.